The van der Waals surface area contributed by atoms with E-state index in [0.29, 0.717) is 48.9 Å². The van der Waals surface area contributed by atoms with Crippen molar-refractivity contribution in [2.24, 2.45) is 0 Å². The van der Waals surface area contributed by atoms with Crippen LogP contribution in [0.5, 0.6) is 11.5 Å². The largest absolute Gasteiger partial charge is 0.501 e. The molecule has 1 fully saturated rings. The summed E-state index contributed by atoms with van der Waals surface area (Å²) in [5.74, 6) is 0.959. The highest BCUT2D eigenvalue weighted by atomic mass is 32.2. The molecule has 2 aromatic rings. The Kier molecular flexibility index (Phi) is 5.00. The number of hydrogen-bond donors (Lipinski definition) is 0. The van der Waals surface area contributed by atoms with Crippen LogP contribution in [0, 0.1) is 0 Å². The number of anilines is 1. The van der Waals surface area contributed by atoms with E-state index >= 15 is 0 Å². The molecule has 160 valence electrons. The lowest BCUT2D eigenvalue weighted by Gasteiger charge is -2.36. The Morgan fingerprint density at radius 1 is 0.900 bits per heavy atom. The topological polar surface area (TPSA) is 76.2 Å². The van der Waals surface area contributed by atoms with E-state index in [1.165, 1.54) is 12.1 Å². The summed E-state index contributed by atoms with van der Waals surface area (Å²) in [7, 11) is -5.37. The molecule has 0 aliphatic carbocycles. The van der Waals surface area contributed by atoms with Crippen molar-refractivity contribution < 1.29 is 35.9 Å². The highest BCUT2D eigenvalue weighted by Gasteiger charge is 2.46. The lowest BCUT2D eigenvalue weighted by Crippen LogP contribution is -2.48. The summed E-state index contributed by atoms with van der Waals surface area (Å²) in [6.45, 7) is 1.86. The number of carbonyl (C=O) groups is 1. The van der Waals surface area contributed by atoms with Crippen molar-refractivity contribution >= 4 is 21.4 Å². The van der Waals surface area contributed by atoms with Crippen molar-refractivity contribution in [3.05, 3.63) is 48.0 Å². The Morgan fingerprint density at radius 3 is 2.17 bits per heavy atom. The highest BCUT2D eigenvalue weighted by Crippen LogP contribution is 2.33. The highest BCUT2D eigenvalue weighted by molar-refractivity contribution is 7.92. The number of hydrogen-bond acceptors (Lipinski definition) is 6. The number of alkyl halides is 3. The number of sulfone groups is 1. The van der Waals surface area contributed by atoms with Crippen LogP contribution in [-0.2, 0) is 9.84 Å². The zero-order valence-corrected chi connectivity index (χ0v) is 16.4. The monoisotopic (exact) mass is 442 g/mol. The van der Waals surface area contributed by atoms with Gasteiger partial charge in [-0.1, -0.05) is 0 Å². The van der Waals surface area contributed by atoms with E-state index in [9.17, 15) is 26.4 Å². The maximum absolute atomic E-state index is 12.7. The number of benzene rings is 2. The first-order valence-corrected chi connectivity index (χ1v) is 10.5. The van der Waals surface area contributed by atoms with Crippen molar-refractivity contribution in [1.82, 2.24) is 4.90 Å². The third-order valence-electron chi connectivity index (χ3n) is 5.00. The van der Waals surface area contributed by atoms with E-state index in [-0.39, 0.29) is 12.7 Å². The van der Waals surface area contributed by atoms with Gasteiger partial charge >= 0.3 is 5.51 Å². The minimum absolute atomic E-state index is 0.120. The van der Waals surface area contributed by atoms with Gasteiger partial charge in [0.1, 0.15) is 0 Å². The van der Waals surface area contributed by atoms with Gasteiger partial charge in [0.15, 0.2) is 11.5 Å². The van der Waals surface area contributed by atoms with Gasteiger partial charge in [0, 0.05) is 37.4 Å². The van der Waals surface area contributed by atoms with Crippen LogP contribution in [0.3, 0.4) is 0 Å². The molecule has 2 heterocycles. The molecule has 11 heteroatoms. The molecule has 0 atom stereocenters. The average Bonchev–Trinajstić information content (AvgIpc) is 3.20. The van der Waals surface area contributed by atoms with E-state index in [2.05, 4.69) is 0 Å². The molecule has 7 nitrogen and oxygen atoms in total. The summed E-state index contributed by atoms with van der Waals surface area (Å²) in [4.78, 5) is 15.5. The molecule has 0 radical (unpaired) electrons. The van der Waals surface area contributed by atoms with Gasteiger partial charge in [-0.25, -0.2) is 8.42 Å². The summed E-state index contributed by atoms with van der Waals surface area (Å²) < 4.78 is 71.4. The third kappa shape index (κ3) is 3.64. The summed E-state index contributed by atoms with van der Waals surface area (Å²) >= 11 is 0. The number of nitrogens with zero attached hydrogens (tertiary/aromatic N) is 2. The van der Waals surface area contributed by atoms with Crippen LogP contribution >= 0.6 is 0 Å². The summed E-state index contributed by atoms with van der Waals surface area (Å²) in [5.41, 5.74) is -4.27. The molecule has 0 unspecified atom stereocenters. The fraction of sp³-hybridized carbons (Fsp3) is 0.316. The van der Waals surface area contributed by atoms with Gasteiger partial charge in [0.05, 0.1) is 4.90 Å². The molecule has 0 N–H and O–H groups in total. The van der Waals surface area contributed by atoms with Crippen LogP contribution < -0.4 is 14.4 Å². The van der Waals surface area contributed by atoms with Crippen molar-refractivity contribution in [2.45, 2.75) is 10.4 Å². The molecule has 4 rings (SSSR count). The molecule has 1 saturated heterocycles. The van der Waals surface area contributed by atoms with Crippen molar-refractivity contribution in [3.63, 3.8) is 0 Å². The second-order valence-corrected chi connectivity index (χ2v) is 8.73. The Balaban J connectivity index is 1.40. The van der Waals surface area contributed by atoms with Gasteiger partial charge in [0.2, 0.25) is 6.79 Å². The number of halogens is 3. The van der Waals surface area contributed by atoms with Crippen LogP contribution in [0.2, 0.25) is 0 Å². The summed E-state index contributed by atoms with van der Waals surface area (Å²) in [5, 5.41) is 0. The molecule has 2 aliphatic rings. The molecule has 0 bridgehead atoms. The van der Waals surface area contributed by atoms with Crippen LogP contribution in [0.4, 0.5) is 18.9 Å². The van der Waals surface area contributed by atoms with Gasteiger partial charge in [-0.2, -0.15) is 13.2 Å². The smallest absolute Gasteiger partial charge is 0.454 e. The number of rotatable bonds is 3. The summed E-state index contributed by atoms with van der Waals surface area (Å²) in [6, 6.07) is 9.56. The average molecular weight is 442 g/mol. The van der Waals surface area contributed by atoms with Crippen molar-refractivity contribution in [3.8, 4) is 11.5 Å². The Bertz CT molecular complexity index is 1060. The Morgan fingerprint density at radius 2 is 1.53 bits per heavy atom. The van der Waals surface area contributed by atoms with E-state index in [4.69, 9.17) is 9.47 Å². The first-order valence-electron chi connectivity index (χ1n) is 9.02. The molecule has 0 aromatic heterocycles. The minimum Gasteiger partial charge on any atom is -0.454 e. The molecule has 2 aliphatic heterocycles. The zero-order valence-electron chi connectivity index (χ0n) is 15.6. The van der Waals surface area contributed by atoms with E-state index < -0.39 is 20.2 Å². The van der Waals surface area contributed by atoms with Gasteiger partial charge < -0.3 is 19.3 Å². The second kappa shape index (κ2) is 7.38. The predicted molar refractivity (Wildman–Crippen MR) is 100 cm³/mol. The molecule has 0 spiro atoms. The number of ether oxygens (including phenoxy) is 2. The summed E-state index contributed by atoms with van der Waals surface area (Å²) in [6.07, 6.45) is 0. The third-order valence-corrected chi connectivity index (χ3v) is 6.51. The SMILES string of the molecule is O=C(c1ccc2c(c1)OCO2)N1CCN(c2ccc(S(=O)(=O)C(F)(F)F)cc2)CC1. The molecular formula is C19H17F3N2O5S. The van der Waals surface area contributed by atoms with Gasteiger partial charge in [-0.3, -0.25) is 4.79 Å². The van der Waals surface area contributed by atoms with Crippen molar-refractivity contribution in [1.29, 1.82) is 0 Å². The zero-order chi connectivity index (χ0) is 21.5. The van der Waals surface area contributed by atoms with E-state index in [0.717, 1.165) is 12.1 Å². The number of fused-ring (bicyclic) bond motifs is 1. The van der Waals surface area contributed by atoms with Gasteiger partial charge in [0.25, 0.3) is 15.7 Å². The standard InChI is InChI=1S/C19H17F3N2O5S/c20-19(21,22)30(26,27)15-4-2-14(3-5-15)23-7-9-24(10-8-23)18(25)13-1-6-16-17(11-13)29-12-28-16/h1-6,11H,7-10,12H2. The molecule has 1 amide bonds. The second-order valence-electron chi connectivity index (χ2n) is 6.79. The Hall–Kier alpha value is -2.95. The molecular weight excluding hydrogens is 425 g/mol. The quantitative estimate of drug-likeness (QED) is 0.728. The van der Waals surface area contributed by atoms with Gasteiger partial charge in [-0.15, -0.1) is 0 Å². The molecule has 2 aromatic carbocycles. The van der Waals surface area contributed by atoms with E-state index in [1.54, 1.807) is 23.1 Å². The Labute approximate surface area is 170 Å². The number of carbonyl (C=O) groups excluding carboxylic acids is 1. The fourth-order valence-electron chi connectivity index (χ4n) is 3.35. The maximum atomic E-state index is 12.7. The predicted octanol–water partition coefficient (Wildman–Crippen LogP) is 2.67. The molecule has 30 heavy (non-hydrogen) atoms. The fourth-order valence-corrected chi connectivity index (χ4v) is 4.11. The number of amides is 1. The lowest BCUT2D eigenvalue weighted by atomic mass is 10.1. The van der Waals surface area contributed by atoms with Gasteiger partial charge in [-0.05, 0) is 42.5 Å². The van der Waals surface area contributed by atoms with Crippen LogP contribution in [0.1, 0.15) is 10.4 Å². The lowest BCUT2D eigenvalue weighted by molar-refractivity contribution is -0.0436. The molecule has 0 saturated carbocycles. The minimum atomic E-state index is -5.37. The normalized spacial score (nSPS) is 16.6. The maximum Gasteiger partial charge on any atom is 0.501 e. The van der Waals surface area contributed by atoms with Crippen molar-refractivity contribution in [2.75, 3.05) is 37.9 Å². The number of piperazine rings is 1. The first kappa shape index (κ1) is 20.3. The van der Waals surface area contributed by atoms with Crippen LogP contribution in [0.25, 0.3) is 0 Å². The van der Waals surface area contributed by atoms with Crippen LogP contribution in [-0.4, -0.2) is 57.7 Å². The van der Waals surface area contributed by atoms with E-state index in [1.807, 2.05) is 4.90 Å². The van der Waals surface area contributed by atoms with Crippen LogP contribution in [0.15, 0.2) is 47.4 Å². The first-order chi connectivity index (χ1) is 14.2.